The normalized spacial score (nSPS) is 12.5. The Hall–Kier alpha value is -0.220. The number of nitrogens with zero attached hydrogens (tertiary/aromatic N) is 1. The first-order chi connectivity index (χ1) is 6.72. The van der Waals surface area contributed by atoms with Crippen LogP contribution >= 0.6 is 27.7 Å². The highest BCUT2D eigenvalue weighted by Gasteiger charge is 2.00. The second kappa shape index (κ2) is 6.30. The molecular weight excluding hydrogens is 260 g/mol. The average molecular weight is 275 g/mol. The quantitative estimate of drug-likeness (QED) is 0.892. The van der Waals surface area contributed by atoms with Gasteiger partial charge in [-0.05, 0) is 39.9 Å². The molecule has 2 nitrogen and oxygen atoms in total. The van der Waals surface area contributed by atoms with E-state index in [9.17, 15) is 0 Å². The molecule has 0 saturated carbocycles. The number of nitrogens with one attached hydrogen (secondary N) is 1. The molecule has 14 heavy (non-hydrogen) atoms. The lowest BCUT2D eigenvalue weighted by Crippen LogP contribution is -2.13. The fraction of sp³-hybridized carbons (Fsp3) is 0.500. The summed E-state index contributed by atoms with van der Waals surface area (Å²) >= 11 is 5.28. The van der Waals surface area contributed by atoms with Crippen molar-refractivity contribution in [2.45, 2.75) is 6.92 Å². The van der Waals surface area contributed by atoms with Crippen LogP contribution in [0.2, 0.25) is 0 Å². The maximum absolute atomic E-state index is 4.09. The monoisotopic (exact) mass is 274 g/mol. The molecule has 1 rings (SSSR count). The molecule has 1 heterocycles. The zero-order valence-electron chi connectivity index (χ0n) is 8.46. The van der Waals surface area contributed by atoms with Crippen LogP contribution in [-0.2, 0) is 0 Å². The molecule has 4 heteroatoms. The summed E-state index contributed by atoms with van der Waals surface area (Å²) in [7, 11) is 0. The highest BCUT2D eigenvalue weighted by Crippen LogP contribution is 2.14. The van der Waals surface area contributed by atoms with E-state index in [4.69, 9.17) is 0 Å². The van der Waals surface area contributed by atoms with Crippen LogP contribution in [0.15, 0.2) is 22.9 Å². The number of aromatic nitrogens is 1. The third-order valence-electron chi connectivity index (χ3n) is 1.81. The molecule has 0 aliphatic heterocycles. The Morgan fingerprint density at radius 2 is 2.36 bits per heavy atom. The summed E-state index contributed by atoms with van der Waals surface area (Å²) in [6, 6.07) is 2.04. The van der Waals surface area contributed by atoms with Gasteiger partial charge in [0.05, 0.1) is 11.9 Å². The van der Waals surface area contributed by atoms with Gasteiger partial charge in [0.15, 0.2) is 0 Å². The molecule has 0 bridgehead atoms. The molecule has 0 radical (unpaired) electrons. The lowest BCUT2D eigenvalue weighted by molar-refractivity contribution is 0.701. The maximum atomic E-state index is 4.09. The largest absolute Gasteiger partial charge is 0.383 e. The van der Waals surface area contributed by atoms with E-state index in [1.807, 2.05) is 24.0 Å². The Kier molecular flexibility index (Phi) is 5.33. The summed E-state index contributed by atoms with van der Waals surface area (Å²) in [6.07, 6.45) is 5.77. The molecule has 0 amide bonds. The maximum Gasteiger partial charge on any atom is 0.0538 e. The fourth-order valence-electron chi connectivity index (χ4n) is 1.14. The molecule has 1 N–H and O–H groups in total. The number of pyridine rings is 1. The minimum atomic E-state index is 0.684. The van der Waals surface area contributed by atoms with E-state index < -0.39 is 0 Å². The summed E-state index contributed by atoms with van der Waals surface area (Å²) in [6.45, 7) is 3.24. The van der Waals surface area contributed by atoms with Crippen molar-refractivity contribution < 1.29 is 0 Å². The summed E-state index contributed by atoms with van der Waals surface area (Å²) in [5.41, 5.74) is 1.08. The summed E-state index contributed by atoms with van der Waals surface area (Å²) in [5, 5.41) is 3.36. The number of anilines is 1. The van der Waals surface area contributed by atoms with Crippen LogP contribution in [0.1, 0.15) is 6.92 Å². The van der Waals surface area contributed by atoms with E-state index >= 15 is 0 Å². The van der Waals surface area contributed by atoms with Crippen molar-refractivity contribution in [3.63, 3.8) is 0 Å². The summed E-state index contributed by atoms with van der Waals surface area (Å²) in [5.74, 6) is 1.87. The molecule has 0 saturated heterocycles. The first-order valence-electron chi connectivity index (χ1n) is 4.55. The molecule has 0 aliphatic rings. The number of thioether (sulfide) groups is 1. The first kappa shape index (κ1) is 11.9. The second-order valence-electron chi connectivity index (χ2n) is 3.33. The van der Waals surface area contributed by atoms with Crippen LogP contribution in [0.3, 0.4) is 0 Å². The molecular formula is C10H15BrN2S. The van der Waals surface area contributed by atoms with Crippen molar-refractivity contribution in [3.8, 4) is 0 Å². The summed E-state index contributed by atoms with van der Waals surface area (Å²) in [4.78, 5) is 4.09. The molecule has 0 spiro atoms. The van der Waals surface area contributed by atoms with Crippen molar-refractivity contribution >= 4 is 33.4 Å². The molecule has 1 aromatic heterocycles. The van der Waals surface area contributed by atoms with Gasteiger partial charge in [-0.2, -0.15) is 11.8 Å². The standard InChI is InChI=1S/C10H15BrN2S/c1-8(7-14-2)4-13-10-3-9(11)5-12-6-10/h3,5-6,8,13H,4,7H2,1-2H3. The van der Waals surface area contributed by atoms with Crippen molar-refractivity contribution in [1.29, 1.82) is 0 Å². The van der Waals surface area contributed by atoms with Gasteiger partial charge in [0.2, 0.25) is 0 Å². The van der Waals surface area contributed by atoms with Gasteiger partial charge in [-0.3, -0.25) is 4.98 Å². The Labute approximate surface area is 98.0 Å². The average Bonchev–Trinajstić information content (AvgIpc) is 2.15. The molecule has 0 aliphatic carbocycles. The predicted molar refractivity (Wildman–Crippen MR) is 68.0 cm³/mol. The summed E-state index contributed by atoms with van der Waals surface area (Å²) < 4.78 is 1.01. The Morgan fingerprint density at radius 1 is 1.57 bits per heavy atom. The predicted octanol–water partition coefficient (Wildman–Crippen LogP) is 3.26. The van der Waals surface area contributed by atoms with Gasteiger partial charge < -0.3 is 5.32 Å². The molecule has 78 valence electrons. The van der Waals surface area contributed by atoms with Gasteiger partial charge in [0.25, 0.3) is 0 Å². The molecule has 1 atom stereocenters. The third-order valence-corrected chi connectivity index (χ3v) is 3.15. The molecule has 0 fully saturated rings. The van der Waals surface area contributed by atoms with Crippen molar-refractivity contribution in [2.24, 2.45) is 5.92 Å². The van der Waals surface area contributed by atoms with Gasteiger partial charge in [-0.15, -0.1) is 0 Å². The fourth-order valence-corrected chi connectivity index (χ4v) is 2.20. The minimum Gasteiger partial charge on any atom is -0.383 e. The first-order valence-corrected chi connectivity index (χ1v) is 6.74. The van der Waals surface area contributed by atoms with E-state index in [1.165, 1.54) is 5.75 Å². The number of rotatable bonds is 5. The van der Waals surface area contributed by atoms with Crippen LogP contribution in [0.25, 0.3) is 0 Å². The van der Waals surface area contributed by atoms with Crippen LogP contribution in [0, 0.1) is 5.92 Å². The van der Waals surface area contributed by atoms with Gasteiger partial charge in [0.1, 0.15) is 0 Å². The molecule has 0 aromatic carbocycles. The Bertz CT molecular complexity index is 281. The van der Waals surface area contributed by atoms with E-state index in [0.29, 0.717) is 5.92 Å². The van der Waals surface area contributed by atoms with E-state index in [2.05, 4.69) is 39.4 Å². The van der Waals surface area contributed by atoms with E-state index in [0.717, 1.165) is 16.7 Å². The zero-order valence-corrected chi connectivity index (χ0v) is 10.9. The van der Waals surface area contributed by atoms with Crippen LogP contribution in [-0.4, -0.2) is 23.5 Å². The van der Waals surface area contributed by atoms with Crippen molar-refractivity contribution in [1.82, 2.24) is 4.98 Å². The number of hydrogen-bond donors (Lipinski definition) is 1. The van der Waals surface area contributed by atoms with Crippen LogP contribution < -0.4 is 5.32 Å². The SMILES string of the molecule is CSCC(C)CNc1cncc(Br)c1. The smallest absolute Gasteiger partial charge is 0.0538 e. The minimum absolute atomic E-state index is 0.684. The second-order valence-corrected chi connectivity index (χ2v) is 5.16. The van der Waals surface area contributed by atoms with Gasteiger partial charge in [-0.25, -0.2) is 0 Å². The van der Waals surface area contributed by atoms with E-state index in [1.54, 1.807) is 6.20 Å². The topological polar surface area (TPSA) is 24.9 Å². The number of hydrogen-bond acceptors (Lipinski definition) is 3. The number of halogens is 1. The Morgan fingerprint density at radius 3 is 3.00 bits per heavy atom. The zero-order chi connectivity index (χ0) is 10.4. The highest BCUT2D eigenvalue weighted by molar-refractivity contribution is 9.10. The van der Waals surface area contributed by atoms with Crippen LogP contribution in [0.4, 0.5) is 5.69 Å². The van der Waals surface area contributed by atoms with Gasteiger partial charge in [0, 0.05) is 17.2 Å². The van der Waals surface area contributed by atoms with Crippen molar-refractivity contribution in [2.75, 3.05) is 23.9 Å². The van der Waals surface area contributed by atoms with E-state index in [-0.39, 0.29) is 0 Å². The molecule has 1 unspecified atom stereocenters. The van der Waals surface area contributed by atoms with Crippen molar-refractivity contribution in [3.05, 3.63) is 22.9 Å². The Balaban J connectivity index is 2.37. The van der Waals surface area contributed by atoms with Crippen LogP contribution in [0.5, 0.6) is 0 Å². The van der Waals surface area contributed by atoms with Gasteiger partial charge >= 0.3 is 0 Å². The highest BCUT2D eigenvalue weighted by atomic mass is 79.9. The lowest BCUT2D eigenvalue weighted by atomic mass is 10.2. The molecule has 1 aromatic rings. The van der Waals surface area contributed by atoms with Gasteiger partial charge in [-0.1, -0.05) is 6.92 Å². The lowest BCUT2D eigenvalue weighted by Gasteiger charge is -2.11. The third kappa shape index (κ3) is 4.33.